The molecule has 3 rings (SSSR count). The molecule has 0 aromatic rings. The van der Waals surface area contributed by atoms with Gasteiger partial charge in [-0.1, -0.05) is 27.2 Å². The molecule has 0 aromatic carbocycles. The Morgan fingerprint density at radius 1 is 1.11 bits per heavy atom. The SMILES string of the molecule is CCCC(CCC1CC[C@@H]2[C@@H](CO[Si](C)(C)CC(C)C)[C@H](OC3CCCCO3)C[C@@H]2OC1)C(=O)O. The first-order chi connectivity index (χ1) is 16.7. The molecule has 0 bridgehead atoms. The standard InChI is InChI=1S/C28H52O6Si/c1-6-9-22(28(29)30)13-11-21-12-14-23-24(18-33-35(4,5)19-20(2)3)26(16-25(23)32-17-21)34-27-10-7-8-15-31-27/h20-27H,6-19H2,1-5H3,(H,29,30)/t21?,22?,23-,24-,25+,26-,27?/m1/s1. The molecule has 204 valence electrons. The van der Waals surface area contributed by atoms with Crippen molar-refractivity contribution in [2.75, 3.05) is 19.8 Å². The van der Waals surface area contributed by atoms with Crippen LogP contribution < -0.4 is 0 Å². The maximum absolute atomic E-state index is 11.6. The Morgan fingerprint density at radius 3 is 2.57 bits per heavy atom. The van der Waals surface area contributed by atoms with E-state index in [2.05, 4.69) is 33.9 Å². The number of fused-ring (bicyclic) bond motifs is 1. The number of hydrogen-bond acceptors (Lipinski definition) is 5. The van der Waals surface area contributed by atoms with Crippen molar-refractivity contribution >= 4 is 14.3 Å². The Kier molecular flexibility index (Phi) is 11.5. The minimum Gasteiger partial charge on any atom is -0.481 e. The third-order valence-corrected chi connectivity index (χ3v) is 11.1. The number of carboxylic acids is 1. The molecule has 3 aliphatic rings. The van der Waals surface area contributed by atoms with E-state index in [9.17, 15) is 9.90 Å². The number of ether oxygens (including phenoxy) is 3. The fraction of sp³-hybridized carbons (Fsp3) is 0.964. The van der Waals surface area contributed by atoms with Crippen LogP contribution in [0.5, 0.6) is 0 Å². The van der Waals surface area contributed by atoms with Gasteiger partial charge < -0.3 is 23.7 Å². The van der Waals surface area contributed by atoms with E-state index in [1.54, 1.807) is 0 Å². The van der Waals surface area contributed by atoms with E-state index in [1.807, 2.05) is 0 Å². The van der Waals surface area contributed by atoms with Gasteiger partial charge in [0, 0.05) is 32.2 Å². The fourth-order valence-electron chi connectivity index (χ4n) is 6.66. The number of carboxylic acid groups (broad SMARTS) is 1. The van der Waals surface area contributed by atoms with Gasteiger partial charge in [-0.2, -0.15) is 0 Å². The van der Waals surface area contributed by atoms with Crippen LogP contribution in [0, 0.1) is 29.6 Å². The van der Waals surface area contributed by atoms with Crippen molar-refractivity contribution in [2.45, 2.75) is 123 Å². The fourth-order valence-corrected chi connectivity index (χ4v) is 9.39. The summed E-state index contributed by atoms with van der Waals surface area (Å²) in [5.74, 6) is 1.03. The molecule has 3 unspecified atom stereocenters. The van der Waals surface area contributed by atoms with Crippen LogP contribution in [-0.4, -0.2) is 57.7 Å². The topological polar surface area (TPSA) is 74.2 Å². The second kappa shape index (κ2) is 13.9. The summed E-state index contributed by atoms with van der Waals surface area (Å²) in [6.07, 6.45) is 10.1. The molecule has 0 aromatic heterocycles. The van der Waals surface area contributed by atoms with Crippen LogP contribution >= 0.6 is 0 Å². The summed E-state index contributed by atoms with van der Waals surface area (Å²) in [5.41, 5.74) is 0. The highest BCUT2D eigenvalue weighted by atomic mass is 28.4. The van der Waals surface area contributed by atoms with Gasteiger partial charge in [0.25, 0.3) is 0 Å². The highest BCUT2D eigenvalue weighted by Crippen LogP contribution is 2.44. The van der Waals surface area contributed by atoms with Gasteiger partial charge in [0.1, 0.15) is 0 Å². The summed E-state index contributed by atoms with van der Waals surface area (Å²) in [4.78, 5) is 11.6. The van der Waals surface area contributed by atoms with E-state index in [0.29, 0.717) is 23.7 Å². The van der Waals surface area contributed by atoms with Crippen LogP contribution in [0.3, 0.4) is 0 Å². The zero-order chi connectivity index (χ0) is 25.4. The predicted molar refractivity (Wildman–Crippen MR) is 141 cm³/mol. The van der Waals surface area contributed by atoms with E-state index in [1.165, 1.54) is 12.5 Å². The lowest BCUT2D eigenvalue weighted by Gasteiger charge is -2.33. The average Bonchev–Trinajstić information content (AvgIpc) is 2.98. The third-order valence-electron chi connectivity index (χ3n) is 8.36. The Morgan fingerprint density at radius 2 is 1.91 bits per heavy atom. The van der Waals surface area contributed by atoms with Gasteiger partial charge in [-0.25, -0.2) is 0 Å². The van der Waals surface area contributed by atoms with Crippen molar-refractivity contribution in [1.29, 1.82) is 0 Å². The summed E-state index contributed by atoms with van der Waals surface area (Å²) in [6, 6.07) is 1.17. The zero-order valence-corrected chi connectivity index (χ0v) is 24.0. The molecular weight excluding hydrogens is 460 g/mol. The molecule has 6 nitrogen and oxygen atoms in total. The van der Waals surface area contributed by atoms with Crippen LogP contribution in [0.25, 0.3) is 0 Å². The lowest BCUT2D eigenvalue weighted by Crippen LogP contribution is -2.39. The summed E-state index contributed by atoms with van der Waals surface area (Å²) >= 11 is 0. The van der Waals surface area contributed by atoms with Crippen molar-refractivity contribution < 1.29 is 28.5 Å². The van der Waals surface area contributed by atoms with E-state index < -0.39 is 14.3 Å². The van der Waals surface area contributed by atoms with Gasteiger partial charge in [0.2, 0.25) is 0 Å². The molecular formula is C28H52O6Si. The molecule has 0 spiro atoms. The van der Waals surface area contributed by atoms with Crippen molar-refractivity contribution in [2.24, 2.45) is 29.6 Å². The average molecular weight is 513 g/mol. The molecule has 2 heterocycles. The van der Waals surface area contributed by atoms with Crippen molar-refractivity contribution in [3.63, 3.8) is 0 Å². The number of carbonyl (C=O) groups is 1. The molecule has 2 saturated heterocycles. The van der Waals surface area contributed by atoms with Gasteiger partial charge in [-0.05, 0) is 88.3 Å². The summed E-state index contributed by atoms with van der Waals surface area (Å²) in [7, 11) is -1.73. The van der Waals surface area contributed by atoms with E-state index in [4.69, 9.17) is 18.6 Å². The van der Waals surface area contributed by atoms with E-state index >= 15 is 0 Å². The molecule has 1 aliphatic carbocycles. The first kappa shape index (κ1) is 29.1. The Balaban J connectivity index is 1.61. The first-order valence-corrected chi connectivity index (χ1v) is 17.6. The highest BCUT2D eigenvalue weighted by molar-refractivity contribution is 6.71. The quantitative estimate of drug-likeness (QED) is 0.284. The third kappa shape index (κ3) is 9.10. The maximum atomic E-state index is 11.6. The maximum Gasteiger partial charge on any atom is 0.306 e. The van der Waals surface area contributed by atoms with Gasteiger partial charge in [-0.3, -0.25) is 4.79 Å². The number of hydrogen-bond donors (Lipinski definition) is 1. The molecule has 7 heteroatoms. The summed E-state index contributed by atoms with van der Waals surface area (Å²) in [6.45, 7) is 13.6. The second-order valence-electron chi connectivity index (χ2n) is 12.4. The predicted octanol–water partition coefficient (Wildman–Crippen LogP) is 6.49. The number of rotatable bonds is 13. The highest BCUT2D eigenvalue weighted by Gasteiger charge is 2.47. The lowest BCUT2D eigenvalue weighted by molar-refractivity contribution is -0.198. The molecule has 3 fully saturated rings. The minimum atomic E-state index is -1.73. The normalized spacial score (nSPS) is 32.9. The Bertz CT molecular complexity index is 635. The Hall–Kier alpha value is -0.473. The van der Waals surface area contributed by atoms with Gasteiger partial charge in [0.05, 0.1) is 18.1 Å². The van der Waals surface area contributed by atoms with Gasteiger partial charge in [0.15, 0.2) is 14.6 Å². The zero-order valence-electron chi connectivity index (χ0n) is 23.0. The van der Waals surface area contributed by atoms with Crippen LogP contribution in [-0.2, 0) is 23.4 Å². The minimum absolute atomic E-state index is 0.0845. The summed E-state index contributed by atoms with van der Waals surface area (Å²) in [5, 5.41) is 9.53. The first-order valence-electron chi connectivity index (χ1n) is 14.4. The lowest BCUT2D eigenvalue weighted by atomic mass is 9.86. The van der Waals surface area contributed by atoms with Gasteiger partial charge >= 0.3 is 5.97 Å². The van der Waals surface area contributed by atoms with E-state index in [-0.39, 0.29) is 24.4 Å². The Labute approximate surface area is 214 Å². The molecule has 2 aliphatic heterocycles. The molecule has 7 atom stereocenters. The molecule has 0 amide bonds. The van der Waals surface area contributed by atoms with Crippen LogP contribution in [0.4, 0.5) is 0 Å². The monoisotopic (exact) mass is 512 g/mol. The molecule has 0 radical (unpaired) electrons. The van der Waals surface area contributed by atoms with Crippen LogP contribution in [0.15, 0.2) is 0 Å². The molecule has 1 N–H and O–H groups in total. The summed E-state index contributed by atoms with van der Waals surface area (Å²) < 4.78 is 25.7. The number of aliphatic carboxylic acids is 1. The molecule has 1 saturated carbocycles. The van der Waals surface area contributed by atoms with Crippen LogP contribution in [0.2, 0.25) is 19.1 Å². The smallest absolute Gasteiger partial charge is 0.306 e. The van der Waals surface area contributed by atoms with Crippen molar-refractivity contribution in [3.8, 4) is 0 Å². The largest absolute Gasteiger partial charge is 0.481 e. The van der Waals surface area contributed by atoms with E-state index in [0.717, 1.165) is 77.6 Å². The molecule has 35 heavy (non-hydrogen) atoms. The van der Waals surface area contributed by atoms with Crippen LogP contribution in [0.1, 0.15) is 85.0 Å². The second-order valence-corrected chi connectivity index (χ2v) is 16.6. The van der Waals surface area contributed by atoms with Gasteiger partial charge in [-0.15, -0.1) is 0 Å². The van der Waals surface area contributed by atoms with Crippen molar-refractivity contribution in [1.82, 2.24) is 0 Å². The van der Waals surface area contributed by atoms with Crippen molar-refractivity contribution in [3.05, 3.63) is 0 Å².